The summed E-state index contributed by atoms with van der Waals surface area (Å²) >= 11 is 0. The molecule has 1 aliphatic rings. The number of hydrogen-bond donors (Lipinski definition) is 1. The van der Waals surface area contributed by atoms with Gasteiger partial charge in [-0.05, 0) is 49.6 Å². The summed E-state index contributed by atoms with van der Waals surface area (Å²) in [5, 5.41) is 2.76. The number of carbonyl (C=O) groups excluding carboxylic acids is 2. The topological polar surface area (TPSA) is 83.6 Å². The van der Waals surface area contributed by atoms with E-state index in [-0.39, 0.29) is 16.5 Å². The Morgan fingerprint density at radius 1 is 1.12 bits per heavy atom. The Labute approximate surface area is 152 Å². The average molecular weight is 372 g/mol. The predicted octanol–water partition coefficient (Wildman–Crippen LogP) is 2.33. The summed E-state index contributed by atoms with van der Waals surface area (Å²) in [4.78, 5) is 24.6. The van der Waals surface area contributed by atoms with Crippen LogP contribution in [-0.4, -0.2) is 31.1 Å². The van der Waals surface area contributed by atoms with E-state index in [4.69, 9.17) is 0 Å². The van der Waals surface area contributed by atoms with Crippen LogP contribution in [0.5, 0.6) is 0 Å². The van der Waals surface area contributed by atoms with E-state index in [1.54, 1.807) is 12.1 Å². The van der Waals surface area contributed by atoms with Gasteiger partial charge in [0, 0.05) is 0 Å². The molecule has 136 valence electrons. The summed E-state index contributed by atoms with van der Waals surface area (Å²) in [6, 6.07) is 11.5. The third kappa shape index (κ3) is 3.10. The van der Waals surface area contributed by atoms with Crippen molar-refractivity contribution >= 4 is 21.8 Å². The fourth-order valence-corrected chi connectivity index (χ4v) is 4.45. The SMILES string of the molecule is Cc1ccc([C@@H](C)NC(=O)CN2C(=O)c3ccccc3S2(=O)=O)cc1C. The van der Waals surface area contributed by atoms with E-state index in [1.165, 1.54) is 12.1 Å². The first-order chi connectivity index (χ1) is 12.2. The number of amides is 2. The number of fused-ring (bicyclic) bond motifs is 1. The van der Waals surface area contributed by atoms with Crippen molar-refractivity contribution in [2.75, 3.05) is 6.54 Å². The Balaban J connectivity index is 1.74. The number of sulfonamides is 1. The van der Waals surface area contributed by atoms with Gasteiger partial charge in [0.25, 0.3) is 15.9 Å². The second kappa shape index (κ2) is 6.57. The molecule has 1 heterocycles. The molecule has 2 amide bonds. The summed E-state index contributed by atoms with van der Waals surface area (Å²) in [5.74, 6) is -1.20. The van der Waals surface area contributed by atoms with Crippen LogP contribution in [0.25, 0.3) is 0 Å². The molecule has 0 spiro atoms. The molecule has 6 nitrogen and oxygen atoms in total. The highest BCUT2D eigenvalue weighted by atomic mass is 32.2. The van der Waals surface area contributed by atoms with Gasteiger partial charge in [-0.15, -0.1) is 0 Å². The van der Waals surface area contributed by atoms with E-state index in [0.29, 0.717) is 4.31 Å². The summed E-state index contributed by atoms with van der Waals surface area (Å²) in [6.07, 6.45) is 0. The maximum Gasteiger partial charge on any atom is 0.269 e. The third-order valence-electron chi connectivity index (χ3n) is 4.61. The Morgan fingerprint density at radius 2 is 1.81 bits per heavy atom. The maximum atomic E-state index is 12.5. The molecule has 26 heavy (non-hydrogen) atoms. The lowest BCUT2D eigenvalue weighted by Crippen LogP contribution is -2.41. The molecule has 1 aliphatic heterocycles. The van der Waals surface area contributed by atoms with Gasteiger partial charge >= 0.3 is 0 Å². The molecule has 2 aromatic carbocycles. The van der Waals surface area contributed by atoms with Crippen LogP contribution in [-0.2, 0) is 14.8 Å². The average Bonchev–Trinajstić information content (AvgIpc) is 2.78. The minimum absolute atomic E-state index is 0.0555. The summed E-state index contributed by atoms with van der Waals surface area (Å²) in [6.45, 7) is 5.27. The van der Waals surface area contributed by atoms with Gasteiger partial charge in [0.05, 0.1) is 11.6 Å². The Hall–Kier alpha value is -2.67. The normalized spacial score (nSPS) is 16.3. The minimum Gasteiger partial charge on any atom is -0.348 e. The lowest BCUT2D eigenvalue weighted by atomic mass is 10.0. The van der Waals surface area contributed by atoms with E-state index in [9.17, 15) is 18.0 Å². The Morgan fingerprint density at radius 3 is 2.46 bits per heavy atom. The van der Waals surface area contributed by atoms with E-state index in [1.807, 2.05) is 39.0 Å². The monoisotopic (exact) mass is 372 g/mol. The van der Waals surface area contributed by atoms with Gasteiger partial charge in [-0.3, -0.25) is 9.59 Å². The highest BCUT2D eigenvalue weighted by Gasteiger charge is 2.41. The van der Waals surface area contributed by atoms with Crippen LogP contribution in [0.3, 0.4) is 0 Å². The molecule has 7 heteroatoms. The smallest absolute Gasteiger partial charge is 0.269 e. The number of nitrogens with zero attached hydrogens (tertiary/aromatic N) is 1. The third-order valence-corrected chi connectivity index (χ3v) is 6.39. The van der Waals surface area contributed by atoms with Crippen molar-refractivity contribution < 1.29 is 18.0 Å². The van der Waals surface area contributed by atoms with E-state index < -0.39 is 28.4 Å². The molecule has 1 N–H and O–H groups in total. The number of aryl methyl sites for hydroxylation is 2. The quantitative estimate of drug-likeness (QED) is 0.893. The van der Waals surface area contributed by atoms with Crippen LogP contribution >= 0.6 is 0 Å². The van der Waals surface area contributed by atoms with Crippen LogP contribution in [0, 0.1) is 13.8 Å². The second-order valence-electron chi connectivity index (χ2n) is 6.45. The molecule has 0 bridgehead atoms. The molecule has 0 unspecified atom stereocenters. The van der Waals surface area contributed by atoms with Crippen LogP contribution in [0.4, 0.5) is 0 Å². The molecule has 0 fully saturated rings. The lowest BCUT2D eigenvalue weighted by Gasteiger charge is -2.19. The van der Waals surface area contributed by atoms with Crippen molar-refractivity contribution in [3.05, 3.63) is 64.7 Å². The fourth-order valence-electron chi connectivity index (χ4n) is 2.92. The number of carbonyl (C=O) groups is 2. The van der Waals surface area contributed by atoms with Crippen LogP contribution in [0.1, 0.15) is 40.0 Å². The number of hydrogen-bond acceptors (Lipinski definition) is 4. The van der Waals surface area contributed by atoms with Crippen molar-refractivity contribution in [2.45, 2.75) is 31.7 Å². The molecule has 2 aromatic rings. The van der Waals surface area contributed by atoms with E-state index >= 15 is 0 Å². The maximum absolute atomic E-state index is 12.5. The summed E-state index contributed by atoms with van der Waals surface area (Å²) in [7, 11) is -3.98. The first-order valence-corrected chi connectivity index (χ1v) is 9.68. The molecular weight excluding hydrogens is 352 g/mol. The van der Waals surface area contributed by atoms with Crippen molar-refractivity contribution in [1.82, 2.24) is 9.62 Å². The Bertz CT molecular complexity index is 998. The first kappa shape index (κ1) is 18.1. The van der Waals surface area contributed by atoms with Crippen LogP contribution in [0.15, 0.2) is 47.4 Å². The molecule has 0 saturated heterocycles. The number of nitrogens with one attached hydrogen (secondary N) is 1. The molecule has 0 aromatic heterocycles. The molecule has 0 aliphatic carbocycles. The van der Waals surface area contributed by atoms with Crippen molar-refractivity contribution in [2.24, 2.45) is 0 Å². The zero-order valence-corrected chi connectivity index (χ0v) is 15.6. The zero-order valence-electron chi connectivity index (χ0n) is 14.8. The van der Waals surface area contributed by atoms with Crippen molar-refractivity contribution in [1.29, 1.82) is 0 Å². The standard InChI is InChI=1S/C19H20N2O4S/c1-12-8-9-15(10-13(12)2)14(3)20-18(22)11-21-19(23)16-6-4-5-7-17(16)26(21,24)25/h4-10,14H,11H2,1-3H3,(H,20,22)/t14-/m1/s1. The van der Waals surface area contributed by atoms with Gasteiger partial charge in [-0.25, -0.2) is 12.7 Å². The molecular formula is C19H20N2O4S. The number of rotatable bonds is 4. The van der Waals surface area contributed by atoms with Crippen LogP contribution < -0.4 is 5.32 Å². The largest absolute Gasteiger partial charge is 0.348 e. The van der Waals surface area contributed by atoms with Gasteiger partial charge in [-0.2, -0.15) is 0 Å². The zero-order chi connectivity index (χ0) is 19.1. The van der Waals surface area contributed by atoms with E-state index in [0.717, 1.165) is 16.7 Å². The predicted molar refractivity (Wildman–Crippen MR) is 97.1 cm³/mol. The lowest BCUT2D eigenvalue weighted by molar-refractivity contribution is -0.121. The van der Waals surface area contributed by atoms with Gasteiger partial charge in [0.15, 0.2) is 0 Å². The van der Waals surface area contributed by atoms with Gasteiger partial charge in [-0.1, -0.05) is 30.3 Å². The second-order valence-corrected chi connectivity index (χ2v) is 8.28. The number of benzene rings is 2. The molecule has 3 rings (SSSR count). The Kier molecular flexibility index (Phi) is 4.58. The highest BCUT2D eigenvalue weighted by Crippen LogP contribution is 2.29. The summed E-state index contributed by atoms with van der Waals surface area (Å²) in [5.41, 5.74) is 3.28. The van der Waals surface area contributed by atoms with Gasteiger partial charge in [0.2, 0.25) is 5.91 Å². The first-order valence-electron chi connectivity index (χ1n) is 8.24. The van der Waals surface area contributed by atoms with E-state index in [2.05, 4.69) is 5.32 Å². The minimum atomic E-state index is -3.98. The van der Waals surface area contributed by atoms with Crippen molar-refractivity contribution in [3.8, 4) is 0 Å². The molecule has 1 atom stereocenters. The molecule has 0 radical (unpaired) electrons. The highest BCUT2D eigenvalue weighted by molar-refractivity contribution is 7.90. The fraction of sp³-hybridized carbons (Fsp3) is 0.263. The van der Waals surface area contributed by atoms with Gasteiger partial charge < -0.3 is 5.32 Å². The van der Waals surface area contributed by atoms with Gasteiger partial charge in [0.1, 0.15) is 11.4 Å². The van der Waals surface area contributed by atoms with Crippen LogP contribution in [0.2, 0.25) is 0 Å². The molecule has 0 saturated carbocycles. The van der Waals surface area contributed by atoms with Crippen molar-refractivity contribution in [3.63, 3.8) is 0 Å². The summed E-state index contributed by atoms with van der Waals surface area (Å²) < 4.78 is 25.6.